The van der Waals surface area contributed by atoms with Crippen molar-refractivity contribution < 1.29 is 30.0 Å². The fraction of sp³-hybridized carbons (Fsp3) is 0.735. The lowest BCUT2D eigenvalue weighted by Gasteiger charge is -2.32. The first kappa shape index (κ1) is 35.9. The van der Waals surface area contributed by atoms with E-state index in [9.17, 15) is 30.2 Å². The van der Waals surface area contributed by atoms with Crippen molar-refractivity contribution in [3.05, 3.63) is 58.2 Å². The van der Waals surface area contributed by atoms with Crippen LogP contribution < -0.4 is 5.32 Å². The molecule has 44 heavy (non-hydrogen) atoms. The van der Waals surface area contributed by atoms with E-state index < -0.39 is 23.4 Å². The topological polar surface area (TPSA) is 145 Å². The van der Waals surface area contributed by atoms with E-state index in [4.69, 9.17) is 0 Å². The number of nitrogens with one attached hydrogen (secondary N) is 1. The van der Waals surface area contributed by atoms with Gasteiger partial charge < -0.3 is 30.4 Å². The first-order valence-corrected chi connectivity index (χ1v) is 16.8. The quantitative estimate of drug-likeness (QED) is 0.0686. The summed E-state index contributed by atoms with van der Waals surface area (Å²) in [4.78, 5) is 29.3. The van der Waals surface area contributed by atoms with Crippen molar-refractivity contribution in [3.63, 3.8) is 0 Å². The van der Waals surface area contributed by atoms with Gasteiger partial charge in [0.05, 0.1) is 24.9 Å². The lowest BCUT2D eigenvalue weighted by Crippen LogP contribution is -2.36. The molecular weight excluding hydrogens is 562 g/mol. The number of aryl methyl sites for hydroxylation is 1. The average molecular weight is 618 g/mol. The average Bonchev–Trinajstić information content (AvgIpc) is 3.29. The second-order valence-corrected chi connectivity index (χ2v) is 12.7. The van der Waals surface area contributed by atoms with Crippen LogP contribution in [0.5, 0.6) is 0 Å². The molecule has 2 aliphatic rings. The Morgan fingerprint density at radius 1 is 1.05 bits per heavy atom. The van der Waals surface area contributed by atoms with Gasteiger partial charge in [0.25, 0.3) is 5.09 Å². The molecular formula is C34H55N3O7. The van der Waals surface area contributed by atoms with Crippen molar-refractivity contribution in [2.24, 2.45) is 17.8 Å². The van der Waals surface area contributed by atoms with E-state index in [1.807, 2.05) is 18.2 Å². The number of hydrogen-bond acceptors (Lipinski definition) is 8. The minimum Gasteiger partial charge on any atom is -0.393 e. The largest absolute Gasteiger partial charge is 0.393 e. The zero-order valence-corrected chi connectivity index (χ0v) is 26.3. The van der Waals surface area contributed by atoms with Crippen molar-refractivity contribution in [3.8, 4) is 0 Å². The second kappa shape index (κ2) is 20.5. The molecule has 1 aromatic carbocycles. The molecule has 1 aromatic rings. The summed E-state index contributed by atoms with van der Waals surface area (Å²) in [5.41, 5.74) is 1.21. The number of amides is 1. The molecule has 0 unspecified atom stereocenters. The number of unbranched alkanes of at least 4 members (excludes halogenated alkanes) is 1. The second-order valence-electron chi connectivity index (χ2n) is 12.7. The first-order valence-electron chi connectivity index (χ1n) is 16.8. The van der Waals surface area contributed by atoms with Gasteiger partial charge in [-0.05, 0) is 126 Å². The monoisotopic (exact) mass is 617 g/mol. The maximum atomic E-state index is 12.2. The van der Waals surface area contributed by atoms with Gasteiger partial charge in [0.2, 0.25) is 5.91 Å². The standard InChI is InChI=1S/C34H55N3O7/c38-29(16-15-27-10-4-3-5-11-27)17-18-31-30(32(39)26-33(31)40)13-6-1-2-7-14-34(41)35-21-9-22-36-23-19-28(20-24-36)12-8-25-44-37(42)43/h1,3-6,10-11,28-33,38-40H,2,7-9,12-26H2,(H,35,41)/t29-,30+,31+,32-,33+/m0/s1. The van der Waals surface area contributed by atoms with Gasteiger partial charge in [-0.15, -0.1) is 10.1 Å². The van der Waals surface area contributed by atoms with Gasteiger partial charge in [-0.25, -0.2) is 0 Å². The van der Waals surface area contributed by atoms with E-state index in [0.29, 0.717) is 51.0 Å². The predicted octanol–water partition coefficient (Wildman–Crippen LogP) is 4.44. The first-order chi connectivity index (χ1) is 21.3. The molecule has 248 valence electrons. The minimum atomic E-state index is -0.727. The summed E-state index contributed by atoms with van der Waals surface area (Å²) < 4.78 is 0. The van der Waals surface area contributed by atoms with Crippen LogP contribution in [0.2, 0.25) is 0 Å². The highest BCUT2D eigenvalue weighted by atomic mass is 16.9. The predicted molar refractivity (Wildman–Crippen MR) is 170 cm³/mol. The van der Waals surface area contributed by atoms with Crippen LogP contribution in [0.1, 0.15) is 89.0 Å². The number of nitrogens with zero attached hydrogens (tertiary/aromatic N) is 2. The van der Waals surface area contributed by atoms with Crippen molar-refractivity contribution >= 4 is 5.91 Å². The summed E-state index contributed by atoms with van der Waals surface area (Å²) >= 11 is 0. The summed E-state index contributed by atoms with van der Waals surface area (Å²) in [6.45, 7) is 3.90. The lowest BCUT2D eigenvalue weighted by atomic mass is 9.85. The smallest absolute Gasteiger partial charge is 0.294 e. The number of benzene rings is 1. The fourth-order valence-electron chi connectivity index (χ4n) is 6.79. The Morgan fingerprint density at radius 2 is 1.80 bits per heavy atom. The number of aliphatic hydroxyl groups is 3. The molecule has 0 radical (unpaired) electrons. The summed E-state index contributed by atoms with van der Waals surface area (Å²) in [7, 11) is 0. The number of rotatable bonds is 21. The van der Waals surface area contributed by atoms with Crippen LogP contribution in [0.25, 0.3) is 0 Å². The third-order valence-corrected chi connectivity index (χ3v) is 9.45. The highest BCUT2D eigenvalue weighted by Gasteiger charge is 2.40. The van der Waals surface area contributed by atoms with Gasteiger partial charge in [-0.2, -0.15) is 0 Å². The molecule has 2 fully saturated rings. The van der Waals surface area contributed by atoms with Gasteiger partial charge in [0.1, 0.15) is 0 Å². The lowest BCUT2D eigenvalue weighted by molar-refractivity contribution is -0.757. The third kappa shape index (κ3) is 14.1. The maximum absolute atomic E-state index is 12.2. The normalized spacial score (nSPS) is 23.6. The molecule has 1 heterocycles. The molecule has 0 bridgehead atoms. The summed E-state index contributed by atoms with van der Waals surface area (Å²) in [5, 5.41) is 44.1. The number of allylic oxidation sites excluding steroid dienone is 2. The third-order valence-electron chi connectivity index (χ3n) is 9.45. The van der Waals surface area contributed by atoms with E-state index in [1.54, 1.807) is 0 Å². The van der Waals surface area contributed by atoms with Crippen LogP contribution in [0, 0.1) is 27.9 Å². The molecule has 1 saturated carbocycles. The highest BCUT2D eigenvalue weighted by molar-refractivity contribution is 5.75. The molecule has 1 aliphatic carbocycles. The number of piperidine rings is 1. The van der Waals surface area contributed by atoms with Gasteiger partial charge in [0, 0.05) is 13.0 Å². The number of carbonyl (C=O) groups excluding carboxylic acids is 1. The van der Waals surface area contributed by atoms with Gasteiger partial charge in [-0.3, -0.25) is 4.79 Å². The maximum Gasteiger partial charge on any atom is 0.294 e. The van der Waals surface area contributed by atoms with E-state index in [2.05, 4.69) is 39.3 Å². The van der Waals surface area contributed by atoms with Crippen molar-refractivity contribution in [2.45, 2.75) is 108 Å². The Morgan fingerprint density at radius 3 is 2.55 bits per heavy atom. The Kier molecular flexibility index (Phi) is 16.7. The van der Waals surface area contributed by atoms with Gasteiger partial charge in [-0.1, -0.05) is 42.5 Å². The zero-order valence-electron chi connectivity index (χ0n) is 26.3. The Bertz CT molecular complexity index is 971. The van der Waals surface area contributed by atoms with Crippen molar-refractivity contribution in [1.82, 2.24) is 10.2 Å². The molecule has 10 nitrogen and oxygen atoms in total. The molecule has 0 spiro atoms. The number of carbonyl (C=O) groups is 1. The van der Waals surface area contributed by atoms with Crippen LogP contribution in [0.15, 0.2) is 42.5 Å². The molecule has 0 aromatic heterocycles. The molecule has 4 N–H and O–H groups in total. The Balaban J connectivity index is 1.20. The number of hydrogen-bond donors (Lipinski definition) is 4. The SMILES string of the molecule is O=C(CCCC=CC[C@@H]1[C@@H](CC[C@@H](O)CCc2ccccc2)[C@H](O)C[C@@H]1O)NCCCN1CCC(CCCO[N+](=O)[O-])CC1. The van der Waals surface area contributed by atoms with E-state index in [1.165, 1.54) is 5.56 Å². The van der Waals surface area contributed by atoms with E-state index in [-0.39, 0.29) is 24.3 Å². The molecule has 5 atom stereocenters. The summed E-state index contributed by atoms with van der Waals surface area (Å²) in [6, 6.07) is 10.1. The van der Waals surface area contributed by atoms with E-state index in [0.717, 1.165) is 71.0 Å². The zero-order chi connectivity index (χ0) is 31.6. The summed E-state index contributed by atoms with van der Waals surface area (Å²) in [6.07, 6.45) is 13.5. The Hall–Kier alpha value is -2.53. The van der Waals surface area contributed by atoms with Crippen LogP contribution in [0.4, 0.5) is 0 Å². The van der Waals surface area contributed by atoms with E-state index >= 15 is 0 Å². The number of aliphatic hydroxyl groups excluding tert-OH is 3. The van der Waals surface area contributed by atoms with Gasteiger partial charge in [0.15, 0.2) is 0 Å². The van der Waals surface area contributed by atoms with Crippen LogP contribution in [-0.4, -0.2) is 82.3 Å². The number of likely N-dealkylation sites (tertiary alicyclic amines) is 1. The molecule has 10 heteroatoms. The van der Waals surface area contributed by atoms with Crippen molar-refractivity contribution in [1.29, 1.82) is 0 Å². The Labute approximate surface area is 263 Å². The van der Waals surface area contributed by atoms with Crippen LogP contribution in [-0.2, 0) is 16.1 Å². The molecule has 1 saturated heterocycles. The van der Waals surface area contributed by atoms with Crippen molar-refractivity contribution in [2.75, 3.05) is 32.8 Å². The summed E-state index contributed by atoms with van der Waals surface area (Å²) in [5.74, 6) is 0.670. The van der Waals surface area contributed by atoms with Gasteiger partial charge >= 0.3 is 0 Å². The minimum absolute atomic E-state index is 0.00738. The van der Waals surface area contributed by atoms with Crippen LogP contribution in [0.3, 0.4) is 0 Å². The fourth-order valence-corrected chi connectivity index (χ4v) is 6.79. The molecule has 1 amide bonds. The molecule has 3 rings (SSSR count). The highest BCUT2D eigenvalue weighted by Crippen LogP contribution is 2.38. The molecule has 1 aliphatic heterocycles. The van der Waals surface area contributed by atoms with Crippen LogP contribution >= 0.6 is 0 Å².